The van der Waals surface area contributed by atoms with Crippen molar-refractivity contribution in [2.24, 2.45) is 0 Å². The number of allylic oxidation sites excluding steroid dienone is 3. The summed E-state index contributed by atoms with van der Waals surface area (Å²) in [5.41, 5.74) is 1.41. The molecule has 0 saturated carbocycles. The minimum Gasteiger partial charge on any atom is -0.224 e. The van der Waals surface area contributed by atoms with Gasteiger partial charge >= 0.3 is 0 Å². The average molecular weight is 446 g/mol. The van der Waals surface area contributed by atoms with Gasteiger partial charge in [0.25, 0.3) is 0 Å². The molecule has 0 unspecified atom stereocenters. The van der Waals surface area contributed by atoms with Crippen LogP contribution in [0, 0.1) is 28.8 Å². The summed E-state index contributed by atoms with van der Waals surface area (Å²) in [6, 6.07) is 8.01. The van der Waals surface area contributed by atoms with E-state index in [-0.39, 0.29) is 16.9 Å². The summed E-state index contributed by atoms with van der Waals surface area (Å²) < 4.78 is 68.3. The molecule has 3 rings (SSSR count). The first kappa shape index (κ1) is 22.8. The second-order valence-electron chi connectivity index (χ2n) is 7.44. The molecule has 0 aliphatic heterocycles. The lowest BCUT2D eigenvalue weighted by atomic mass is 9.98. The molecular weight excluding hydrogens is 423 g/mol. The van der Waals surface area contributed by atoms with Crippen molar-refractivity contribution >= 4 is 15.4 Å². The van der Waals surface area contributed by atoms with E-state index < -0.39 is 38.6 Å². The second-order valence-corrected chi connectivity index (χ2v) is 9.55. The fourth-order valence-corrected chi connectivity index (χ4v) is 4.95. The van der Waals surface area contributed by atoms with Crippen LogP contribution in [0.15, 0.2) is 47.4 Å². The lowest BCUT2D eigenvalue weighted by Crippen LogP contribution is -2.12. The molecule has 0 bridgehead atoms. The molecule has 3 nitrogen and oxygen atoms in total. The first-order valence-electron chi connectivity index (χ1n) is 10.1. The number of hydrogen-bond donors (Lipinski definition) is 0. The number of sulfone groups is 1. The number of rotatable bonds is 6. The topological polar surface area (TPSA) is 57.9 Å². The fourth-order valence-electron chi connectivity index (χ4n) is 3.53. The average Bonchev–Trinajstić information content (AvgIpc) is 3.01. The lowest BCUT2D eigenvalue weighted by Gasteiger charge is -2.11. The van der Waals surface area contributed by atoms with Crippen LogP contribution < -0.4 is 0 Å². The first-order valence-corrected chi connectivity index (χ1v) is 11.7. The summed E-state index contributed by atoms with van der Waals surface area (Å²) in [4.78, 5) is 0.0656. The van der Waals surface area contributed by atoms with Crippen molar-refractivity contribution in [1.29, 1.82) is 5.26 Å². The highest BCUT2D eigenvalue weighted by Gasteiger charge is 2.21. The van der Waals surface area contributed by atoms with Gasteiger partial charge in [-0.25, -0.2) is 21.6 Å². The highest BCUT2D eigenvalue weighted by atomic mass is 32.2. The Kier molecular flexibility index (Phi) is 7.01. The van der Waals surface area contributed by atoms with Crippen molar-refractivity contribution in [2.45, 2.75) is 39.0 Å². The predicted molar refractivity (Wildman–Crippen MR) is 114 cm³/mol. The van der Waals surface area contributed by atoms with Gasteiger partial charge in [-0.1, -0.05) is 19.1 Å². The summed E-state index contributed by atoms with van der Waals surface area (Å²) in [5.74, 6) is -2.55. The summed E-state index contributed by atoms with van der Waals surface area (Å²) >= 11 is 0. The van der Waals surface area contributed by atoms with Crippen molar-refractivity contribution in [3.05, 3.63) is 87.1 Å². The molecule has 0 saturated heterocycles. The molecule has 0 aromatic heterocycles. The molecule has 2 aromatic carbocycles. The lowest BCUT2D eigenvalue weighted by molar-refractivity contribution is 0.580. The molecule has 0 fully saturated rings. The Labute approximate surface area is 180 Å². The van der Waals surface area contributed by atoms with Crippen LogP contribution in [0.5, 0.6) is 0 Å². The smallest absolute Gasteiger partial charge is 0.178 e. The second kappa shape index (κ2) is 9.52. The maximum atomic E-state index is 14.5. The largest absolute Gasteiger partial charge is 0.224 e. The van der Waals surface area contributed by atoms with Crippen molar-refractivity contribution in [3.8, 4) is 6.07 Å². The number of nitrogens with zero attached hydrogens (tertiary/aromatic N) is 1. The van der Waals surface area contributed by atoms with Crippen molar-refractivity contribution in [2.75, 3.05) is 5.75 Å². The van der Waals surface area contributed by atoms with E-state index in [1.807, 2.05) is 6.92 Å². The van der Waals surface area contributed by atoms with Crippen molar-refractivity contribution < 1.29 is 21.6 Å². The van der Waals surface area contributed by atoms with E-state index in [9.17, 15) is 21.6 Å². The number of halogens is 3. The van der Waals surface area contributed by atoms with E-state index in [1.54, 1.807) is 24.3 Å². The monoisotopic (exact) mass is 445 g/mol. The normalized spacial score (nSPS) is 14.4. The predicted octanol–water partition coefficient (Wildman–Crippen LogP) is 5.65. The first-order chi connectivity index (χ1) is 14.7. The van der Waals surface area contributed by atoms with Crippen LogP contribution in [-0.2, 0) is 22.7 Å². The fraction of sp³-hybridized carbons (Fsp3) is 0.292. The molecule has 7 heteroatoms. The van der Waals surface area contributed by atoms with Crippen LogP contribution >= 0.6 is 0 Å². The van der Waals surface area contributed by atoms with Crippen LogP contribution in [0.3, 0.4) is 0 Å². The zero-order valence-electron chi connectivity index (χ0n) is 17.1. The third-order valence-corrected chi connectivity index (χ3v) is 7.10. The summed E-state index contributed by atoms with van der Waals surface area (Å²) in [6.07, 6.45) is 5.31. The van der Waals surface area contributed by atoms with Crippen LogP contribution in [0.1, 0.15) is 48.4 Å². The van der Waals surface area contributed by atoms with Crippen LogP contribution in [0.2, 0.25) is 0 Å². The summed E-state index contributed by atoms with van der Waals surface area (Å²) in [5, 5.41) is 8.77. The van der Waals surface area contributed by atoms with Crippen LogP contribution in [-0.4, -0.2) is 14.2 Å². The quantitative estimate of drug-likeness (QED) is 0.578. The van der Waals surface area contributed by atoms with Gasteiger partial charge in [0.15, 0.2) is 9.84 Å². The van der Waals surface area contributed by atoms with Crippen molar-refractivity contribution in [3.63, 3.8) is 0 Å². The van der Waals surface area contributed by atoms with Gasteiger partial charge in [-0.15, -0.1) is 0 Å². The molecular formula is C24H22F3NO2S. The van der Waals surface area contributed by atoms with E-state index in [2.05, 4.69) is 0 Å². The molecule has 0 N–H and O–H groups in total. The highest BCUT2D eigenvalue weighted by molar-refractivity contribution is 7.95. The van der Waals surface area contributed by atoms with Gasteiger partial charge in [0, 0.05) is 5.56 Å². The Hall–Kier alpha value is -2.85. The van der Waals surface area contributed by atoms with Gasteiger partial charge in [0.05, 0.1) is 16.2 Å². The van der Waals surface area contributed by atoms with E-state index in [0.717, 1.165) is 24.1 Å². The molecule has 31 heavy (non-hydrogen) atoms. The molecule has 0 atom stereocenters. The third kappa shape index (κ3) is 5.26. The Morgan fingerprint density at radius 3 is 2.55 bits per heavy atom. The Balaban J connectivity index is 1.88. The van der Waals surface area contributed by atoms with Crippen LogP contribution in [0.4, 0.5) is 13.2 Å². The number of aryl methyl sites for hydroxylation is 2. The minimum atomic E-state index is -3.81. The SMILES string of the molecule is CCc1ccc(F)c(C2=CC(S(=O)(=O)CCc3cc(F)c(C#N)cc3F)=CCCC2)c1. The Morgan fingerprint density at radius 2 is 1.84 bits per heavy atom. The molecule has 0 spiro atoms. The molecule has 162 valence electrons. The van der Waals surface area contributed by atoms with Gasteiger partial charge in [0.2, 0.25) is 0 Å². The highest BCUT2D eigenvalue weighted by Crippen LogP contribution is 2.31. The molecule has 0 heterocycles. The Morgan fingerprint density at radius 1 is 1.06 bits per heavy atom. The zero-order valence-corrected chi connectivity index (χ0v) is 17.9. The summed E-state index contributed by atoms with van der Waals surface area (Å²) in [6.45, 7) is 1.96. The van der Waals surface area contributed by atoms with E-state index >= 15 is 0 Å². The molecule has 2 aromatic rings. The van der Waals surface area contributed by atoms with E-state index in [0.29, 0.717) is 30.4 Å². The molecule has 0 radical (unpaired) electrons. The number of benzene rings is 2. The van der Waals surface area contributed by atoms with Gasteiger partial charge in [-0.2, -0.15) is 5.26 Å². The number of hydrogen-bond acceptors (Lipinski definition) is 3. The molecule has 1 aliphatic rings. The molecule has 1 aliphatic carbocycles. The third-order valence-electron chi connectivity index (χ3n) is 5.35. The zero-order chi connectivity index (χ0) is 22.6. The van der Waals surface area contributed by atoms with E-state index in [4.69, 9.17) is 5.26 Å². The van der Waals surface area contributed by atoms with E-state index in [1.165, 1.54) is 12.1 Å². The minimum absolute atomic E-state index is 0.0656. The van der Waals surface area contributed by atoms with Crippen molar-refractivity contribution in [1.82, 2.24) is 0 Å². The number of nitriles is 1. The van der Waals surface area contributed by atoms with Gasteiger partial charge < -0.3 is 0 Å². The van der Waals surface area contributed by atoms with Crippen LogP contribution in [0.25, 0.3) is 5.57 Å². The van der Waals surface area contributed by atoms with Gasteiger partial charge in [0.1, 0.15) is 23.5 Å². The maximum absolute atomic E-state index is 14.5. The van der Waals surface area contributed by atoms with Gasteiger partial charge in [-0.3, -0.25) is 0 Å². The maximum Gasteiger partial charge on any atom is 0.178 e. The standard InChI is InChI=1S/C24H22F3NO2S/c1-2-16-7-8-22(25)21(11-16)17-5-3-4-6-20(12-17)31(29,30)10-9-18-13-24(27)19(15-28)14-23(18)26/h6-8,11-14H,2-5,9-10H2,1H3. The Bertz CT molecular complexity index is 1210. The molecule has 0 amide bonds. The summed E-state index contributed by atoms with van der Waals surface area (Å²) in [7, 11) is -3.81. The van der Waals surface area contributed by atoms with Gasteiger partial charge in [-0.05, 0) is 79.1 Å².